The molecule has 1 saturated heterocycles. The van der Waals surface area contributed by atoms with Gasteiger partial charge in [-0.2, -0.15) is 0 Å². The summed E-state index contributed by atoms with van der Waals surface area (Å²) in [5.41, 5.74) is 7.24. The van der Waals surface area contributed by atoms with E-state index in [2.05, 4.69) is 10.6 Å². The highest BCUT2D eigenvalue weighted by atomic mass is 16.6. The first-order chi connectivity index (χ1) is 11.7. The molecule has 2 rings (SSSR count). The summed E-state index contributed by atoms with van der Waals surface area (Å²) >= 11 is 0. The van der Waals surface area contributed by atoms with E-state index in [-0.39, 0.29) is 12.5 Å². The Balaban J connectivity index is 2.22. The van der Waals surface area contributed by atoms with Gasteiger partial charge in [0, 0.05) is 19.3 Å². The van der Waals surface area contributed by atoms with Crippen molar-refractivity contribution in [2.75, 3.05) is 42.8 Å². The van der Waals surface area contributed by atoms with Gasteiger partial charge in [0.2, 0.25) is 5.91 Å². The van der Waals surface area contributed by atoms with Crippen molar-refractivity contribution in [2.24, 2.45) is 0 Å². The summed E-state index contributed by atoms with van der Waals surface area (Å²) in [4.78, 5) is 26.0. The molecule has 0 aliphatic carbocycles. The maximum Gasteiger partial charge on any atom is 0.412 e. The van der Waals surface area contributed by atoms with Crippen LogP contribution >= 0.6 is 0 Å². The predicted octanol–water partition coefficient (Wildman–Crippen LogP) is 1.57. The molecular weight excluding hydrogens is 324 g/mol. The number of carbonyl (C=O) groups is 2. The van der Waals surface area contributed by atoms with E-state index < -0.39 is 17.7 Å². The lowest BCUT2D eigenvalue weighted by Crippen LogP contribution is -2.53. The number of benzene rings is 1. The van der Waals surface area contributed by atoms with E-state index in [1.54, 1.807) is 46.0 Å². The Morgan fingerprint density at radius 3 is 2.72 bits per heavy atom. The van der Waals surface area contributed by atoms with Crippen LogP contribution in [0.2, 0.25) is 0 Å². The fourth-order valence-corrected chi connectivity index (χ4v) is 2.57. The van der Waals surface area contributed by atoms with Gasteiger partial charge in [-0.3, -0.25) is 10.1 Å². The van der Waals surface area contributed by atoms with Crippen LogP contribution in [-0.2, 0) is 14.3 Å². The lowest BCUT2D eigenvalue weighted by Gasteiger charge is -2.36. The Hall–Kier alpha value is -2.48. The molecular formula is C17H26N4O4. The molecule has 1 aliphatic rings. The number of ether oxygens (including phenoxy) is 2. The van der Waals surface area contributed by atoms with Crippen molar-refractivity contribution in [3.05, 3.63) is 18.2 Å². The summed E-state index contributed by atoms with van der Waals surface area (Å²) < 4.78 is 10.7. The highest BCUT2D eigenvalue weighted by Gasteiger charge is 2.30. The molecule has 4 N–H and O–H groups in total. The Kier molecular flexibility index (Phi) is 5.73. The van der Waals surface area contributed by atoms with Crippen molar-refractivity contribution < 1.29 is 19.1 Å². The Bertz CT molecular complexity index is 642. The minimum atomic E-state index is -0.588. The largest absolute Gasteiger partial charge is 0.444 e. The van der Waals surface area contributed by atoms with Crippen LogP contribution in [-0.4, -0.2) is 50.4 Å². The van der Waals surface area contributed by atoms with Crippen LogP contribution in [0.4, 0.5) is 21.9 Å². The molecule has 138 valence electrons. The Morgan fingerprint density at radius 1 is 1.36 bits per heavy atom. The number of amides is 2. The van der Waals surface area contributed by atoms with Gasteiger partial charge < -0.3 is 25.4 Å². The molecule has 0 spiro atoms. The van der Waals surface area contributed by atoms with Crippen molar-refractivity contribution in [3.8, 4) is 0 Å². The monoisotopic (exact) mass is 350 g/mol. The molecule has 0 aromatic heterocycles. The van der Waals surface area contributed by atoms with Crippen molar-refractivity contribution in [2.45, 2.75) is 32.4 Å². The van der Waals surface area contributed by atoms with Crippen molar-refractivity contribution in [3.63, 3.8) is 0 Å². The number of anilines is 3. The van der Waals surface area contributed by atoms with Crippen LogP contribution < -0.4 is 21.3 Å². The molecule has 1 unspecified atom stereocenters. The summed E-state index contributed by atoms with van der Waals surface area (Å²) in [5, 5.41) is 5.32. The number of nitrogens with one attached hydrogen (secondary N) is 2. The van der Waals surface area contributed by atoms with E-state index in [4.69, 9.17) is 15.2 Å². The number of carbonyl (C=O) groups excluding carboxylic acids is 2. The zero-order valence-electron chi connectivity index (χ0n) is 15.1. The number of hydrogen-bond acceptors (Lipinski definition) is 6. The fourth-order valence-electron chi connectivity index (χ4n) is 2.57. The number of nitrogens with two attached hydrogens (primary N) is 1. The molecule has 1 aliphatic heterocycles. The molecule has 0 saturated carbocycles. The van der Waals surface area contributed by atoms with Crippen LogP contribution in [0.15, 0.2) is 18.2 Å². The molecule has 8 heteroatoms. The normalized spacial score (nSPS) is 17.8. The summed E-state index contributed by atoms with van der Waals surface area (Å²) in [6.45, 7) is 6.69. The van der Waals surface area contributed by atoms with E-state index in [0.717, 1.165) is 0 Å². The fraction of sp³-hybridized carbons (Fsp3) is 0.529. The first kappa shape index (κ1) is 18.9. The summed E-state index contributed by atoms with van der Waals surface area (Å²) in [7, 11) is 1.58. The van der Waals surface area contributed by atoms with Gasteiger partial charge in [0.1, 0.15) is 11.6 Å². The lowest BCUT2D eigenvalue weighted by molar-refractivity contribution is -0.124. The molecule has 1 fully saturated rings. The van der Waals surface area contributed by atoms with Gasteiger partial charge in [-0.05, 0) is 39.0 Å². The smallest absolute Gasteiger partial charge is 0.412 e. The number of morpholine rings is 1. The number of likely N-dealkylation sites (N-methyl/N-ethyl adjacent to an activating group) is 1. The van der Waals surface area contributed by atoms with Gasteiger partial charge in [0.15, 0.2) is 0 Å². The first-order valence-electron chi connectivity index (χ1n) is 8.17. The average Bonchev–Trinajstić information content (AvgIpc) is 2.54. The topological polar surface area (TPSA) is 106 Å². The highest BCUT2D eigenvalue weighted by Crippen LogP contribution is 2.30. The SMILES string of the molecule is CNC(=O)C1COCCN1c1cc(NC(=O)OC(C)(C)C)ccc1N. The maximum atomic E-state index is 12.1. The molecule has 0 radical (unpaired) electrons. The van der Waals surface area contributed by atoms with Crippen LogP contribution in [0.25, 0.3) is 0 Å². The van der Waals surface area contributed by atoms with E-state index in [1.807, 2.05) is 4.90 Å². The van der Waals surface area contributed by atoms with Crippen LogP contribution in [0, 0.1) is 0 Å². The third-order valence-electron chi connectivity index (χ3n) is 3.66. The van der Waals surface area contributed by atoms with Gasteiger partial charge in [-0.15, -0.1) is 0 Å². The second kappa shape index (κ2) is 7.60. The van der Waals surface area contributed by atoms with Gasteiger partial charge in [0.05, 0.1) is 24.6 Å². The number of nitrogens with zero attached hydrogens (tertiary/aromatic N) is 1. The van der Waals surface area contributed by atoms with Crippen molar-refractivity contribution in [1.29, 1.82) is 0 Å². The zero-order chi connectivity index (χ0) is 18.6. The molecule has 8 nitrogen and oxygen atoms in total. The van der Waals surface area contributed by atoms with Crippen LogP contribution in [0.5, 0.6) is 0 Å². The molecule has 1 aromatic rings. The third kappa shape index (κ3) is 4.99. The van der Waals surface area contributed by atoms with Gasteiger partial charge in [-0.25, -0.2) is 4.79 Å². The number of nitrogen functional groups attached to an aromatic ring is 1. The zero-order valence-corrected chi connectivity index (χ0v) is 15.1. The lowest BCUT2D eigenvalue weighted by atomic mass is 10.1. The second-order valence-corrected chi connectivity index (χ2v) is 6.80. The molecule has 1 aromatic carbocycles. The quantitative estimate of drug-likeness (QED) is 0.715. The first-order valence-corrected chi connectivity index (χ1v) is 8.17. The number of rotatable bonds is 3. The third-order valence-corrected chi connectivity index (χ3v) is 3.66. The van der Waals surface area contributed by atoms with Crippen molar-refractivity contribution in [1.82, 2.24) is 5.32 Å². The Labute approximate surface area is 147 Å². The van der Waals surface area contributed by atoms with E-state index in [0.29, 0.717) is 30.2 Å². The van der Waals surface area contributed by atoms with Crippen LogP contribution in [0.3, 0.4) is 0 Å². The van der Waals surface area contributed by atoms with Gasteiger partial charge >= 0.3 is 6.09 Å². The molecule has 25 heavy (non-hydrogen) atoms. The summed E-state index contributed by atoms with van der Waals surface area (Å²) in [5.74, 6) is -0.149. The molecule has 1 atom stereocenters. The van der Waals surface area contributed by atoms with E-state index in [1.165, 1.54) is 0 Å². The highest BCUT2D eigenvalue weighted by molar-refractivity contribution is 5.90. The molecule has 1 heterocycles. The minimum absolute atomic E-state index is 0.149. The average molecular weight is 350 g/mol. The van der Waals surface area contributed by atoms with Gasteiger partial charge in [-0.1, -0.05) is 0 Å². The maximum absolute atomic E-state index is 12.1. The standard InChI is InChI=1S/C17H26N4O4/c1-17(2,3)25-16(23)20-11-5-6-12(18)13(9-11)21-7-8-24-10-14(21)15(22)19-4/h5-6,9,14H,7-8,10,18H2,1-4H3,(H,19,22)(H,20,23). The molecule has 2 amide bonds. The molecule has 0 bridgehead atoms. The van der Waals surface area contributed by atoms with E-state index in [9.17, 15) is 9.59 Å². The van der Waals surface area contributed by atoms with Gasteiger partial charge in [0.25, 0.3) is 0 Å². The van der Waals surface area contributed by atoms with E-state index >= 15 is 0 Å². The Morgan fingerprint density at radius 2 is 2.08 bits per heavy atom. The summed E-state index contributed by atoms with van der Waals surface area (Å²) in [6.07, 6.45) is -0.548. The van der Waals surface area contributed by atoms with Crippen molar-refractivity contribution >= 4 is 29.1 Å². The predicted molar refractivity (Wildman–Crippen MR) is 96.7 cm³/mol. The second-order valence-electron chi connectivity index (χ2n) is 6.80. The minimum Gasteiger partial charge on any atom is -0.444 e. The summed E-state index contributed by atoms with van der Waals surface area (Å²) in [6, 6.07) is 4.65. The number of hydrogen-bond donors (Lipinski definition) is 3. The van der Waals surface area contributed by atoms with Crippen LogP contribution in [0.1, 0.15) is 20.8 Å².